The quantitative estimate of drug-likeness (QED) is 0.863. The molecule has 0 amide bonds. The lowest BCUT2D eigenvalue weighted by Gasteiger charge is -2.38. The zero-order valence-corrected chi connectivity index (χ0v) is 14.7. The molecule has 2 fully saturated rings. The predicted octanol–water partition coefficient (Wildman–Crippen LogP) is 3.60. The fourth-order valence-corrected chi connectivity index (χ4v) is 4.85. The highest BCUT2D eigenvalue weighted by molar-refractivity contribution is 8.00. The average molecular weight is 299 g/mol. The van der Waals surface area contributed by atoms with Crippen molar-refractivity contribution >= 4 is 11.8 Å². The normalized spacial score (nSPS) is 36.0. The van der Waals surface area contributed by atoms with Crippen LogP contribution in [0.5, 0.6) is 0 Å². The first kappa shape index (κ1) is 16.6. The molecule has 1 aliphatic heterocycles. The summed E-state index contributed by atoms with van der Waals surface area (Å²) >= 11 is 2.14. The van der Waals surface area contributed by atoms with Crippen molar-refractivity contribution in [3.8, 4) is 0 Å². The molecule has 1 heterocycles. The van der Waals surface area contributed by atoms with Crippen molar-refractivity contribution in [1.82, 2.24) is 4.90 Å². The SMILES string of the molecule is CC(C)C1CCC(N)C(CN2CCSC(C)(C)CC2)C1. The minimum Gasteiger partial charge on any atom is -0.327 e. The highest BCUT2D eigenvalue weighted by Gasteiger charge is 2.32. The Hall–Kier alpha value is 0.270. The van der Waals surface area contributed by atoms with Gasteiger partial charge in [0.25, 0.3) is 0 Å². The first-order valence-corrected chi connectivity index (χ1v) is 9.48. The molecule has 2 rings (SSSR count). The number of thioether (sulfide) groups is 1. The maximum atomic E-state index is 6.42. The Bertz CT molecular complexity index is 303. The van der Waals surface area contributed by atoms with Crippen LogP contribution in [-0.4, -0.2) is 41.1 Å². The lowest BCUT2D eigenvalue weighted by Crippen LogP contribution is -2.44. The smallest absolute Gasteiger partial charge is 0.0116 e. The van der Waals surface area contributed by atoms with Gasteiger partial charge in [-0.2, -0.15) is 11.8 Å². The van der Waals surface area contributed by atoms with E-state index < -0.39 is 0 Å². The van der Waals surface area contributed by atoms with E-state index in [9.17, 15) is 0 Å². The molecule has 20 heavy (non-hydrogen) atoms. The van der Waals surface area contributed by atoms with Gasteiger partial charge in [-0.25, -0.2) is 0 Å². The van der Waals surface area contributed by atoms with Crippen molar-refractivity contribution in [2.75, 3.05) is 25.4 Å². The Labute approximate surface area is 130 Å². The summed E-state index contributed by atoms with van der Waals surface area (Å²) in [6, 6.07) is 0.439. The Morgan fingerprint density at radius 2 is 2.00 bits per heavy atom. The topological polar surface area (TPSA) is 29.3 Å². The number of hydrogen-bond acceptors (Lipinski definition) is 3. The Morgan fingerprint density at radius 1 is 1.25 bits per heavy atom. The standard InChI is InChI=1S/C17H34N2S/c1-13(2)14-5-6-16(18)15(11-14)12-19-8-7-17(3,4)20-10-9-19/h13-16H,5-12,18H2,1-4H3. The Morgan fingerprint density at radius 3 is 2.70 bits per heavy atom. The third-order valence-electron chi connectivity index (χ3n) is 5.45. The van der Waals surface area contributed by atoms with Crippen LogP contribution < -0.4 is 5.73 Å². The van der Waals surface area contributed by atoms with Crippen LogP contribution >= 0.6 is 11.8 Å². The van der Waals surface area contributed by atoms with Crippen molar-refractivity contribution in [2.24, 2.45) is 23.5 Å². The molecule has 118 valence electrons. The van der Waals surface area contributed by atoms with Crippen LogP contribution in [0.4, 0.5) is 0 Å². The van der Waals surface area contributed by atoms with Crippen molar-refractivity contribution < 1.29 is 0 Å². The summed E-state index contributed by atoms with van der Waals surface area (Å²) in [7, 11) is 0. The van der Waals surface area contributed by atoms with Gasteiger partial charge in [-0.3, -0.25) is 0 Å². The lowest BCUT2D eigenvalue weighted by atomic mass is 9.73. The Kier molecular flexibility index (Phi) is 5.84. The van der Waals surface area contributed by atoms with Gasteiger partial charge in [0.2, 0.25) is 0 Å². The predicted molar refractivity (Wildman–Crippen MR) is 91.2 cm³/mol. The number of nitrogens with zero attached hydrogens (tertiary/aromatic N) is 1. The second kappa shape index (κ2) is 7.02. The van der Waals surface area contributed by atoms with Crippen molar-refractivity contribution in [3.63, 3.8) is 0 Å². The molecule has 0 aromatic carbocycles. The van der Waals surface area contributed by atoms with E-state index in [2.05, 4.69) is 44.4 Å². The van der Waals surface area contributed by atoms with Gasteiger partial charge in [-0.1, -0.05) is 27.7 Å². The zero-order chi connectivity index (χ0) is 14.8. The fourth-order valence-electron chi connectivity index (χ4n) is 3.72. The van der Waals surface area contributed by atoms with Gasteiger partial charge in [0, 0.05) is 29.6 Å². The van der Waals surface area contributed by atoms with Gasteiger partial charge in [-0.15, -0.1) is 0 Å². The molecule has 0 aromatic rings. The molecule has 2 N–H and O–H groups in total. The van der Waals surface area contributed by atoms with Crippen LogP contribution in [0.15, 0.2) is 0 Å². The molecular weight excluding hydrogens is 264 g/mol. The van der Waals surface area contributed by atoms with E-state index in [0.717, 1.165) is 17.8 Å². The van der Waals surface area contributed by atoms with Crippen molar-refractivity contribution in [3.05, 3.63) is 0 Å². The second-order valence-electron chi connectivity index (χ2n) is 7.90. The van der Waals surface area contributed by atoms with E-state index in [1.54, 1.807) is 0 Å². The molecule has 2 nitrogen and oxygen atoms in total. The van der Waals surface area contributed by atoms with E-state index in [1.807, 2.05) is 0 Å². The highest BCUT2D eigenvalue weighted by Crippen LogP contribution is 2.35. The summed E-state index contributed by atoms with van der Waals surface area (Å²) < 4.78 is 0.462. The van der Waals surface area contributed by atoms with E-state index in [-0.39, 0.29) is 0 Å². The third kappa shape index (κ3) is 4.64. The van der Waals surface area contributed by atoms with E-state index in [1.165, 1.54) is 51.1 Å². The first-order valence-electron chi connectivity index (χ1n) is 8.49. The monoisotopic (exact) mass is 298 g/mol. The van der Waals surface area contributed by atoms with Gasteiger partial charge in [-0.05, 0) is 50.0 Å². The molecule has 1 aliphatic carbocycles. The van der Waals surface area contributed by atoms with Gasteiger partial charge < -0.3 is 10.6 Å². The molecule has 0 aromatic heterocycles. The molecule has 0 spiro atoms. The summed E-state index contributed by atoms with van der Waals surface area (Å²) in [5, 5.41) is 0. The zero-order valence-electron chi connectivity index (χ0n) is 13.9. The number of nitrogens with two attached hydrogens (primary N) is 1. The maximum absolute atomic E-state index is 6.42. The third-order valence-corrected chi connectivity index (χ3v) is 6.82. The summed E-state index contributed by atoms with van der Waals surface area (Å²) in [6.45, 7) is 13.3. The molecule has 3 heteroatoms. The molecule has 0 radical (unpaired) electrons. The van der Waals surface area contributed by atoms with E-state index in [4.69, 9.17) is 5.73 Å². The summed E-state index contributed by atoms with van der Waals surface area (Å²) in [5.74, 6) is 3.73. The molecule has 1 saturated heterocycles. The molecule has 3 atom stereocenters. The van der Waals surface area contributed by atoms with Crippen molar-refractivity contribution in [2.45, 2.75) is 64.2 Å². The van der Waals surface area contributed by atoms with E-state index >= 15 is 0 Å². The molecule has 3 unspecified atom stereocenters. The van der Waals surface area contributed by atoms with Gasteiger partial charge in [0.1, 0.15) is 0 Å². The van der Waals surface area contributed by atoms with Gasteiger partial charge >= 0.3 is 0 Å². The average Bonchev–Trinajstić information content (AvgIpc) is 2.53. The summed E-state index contributed by atoms with van der Waals surface area (Å²) in [6.07, 6.45) is 5.25. The minimum absolute atomic E-state index is 0.439. The minimum atomic E-state index is 0.439. The molecule has 2 aliphatic rings. The van der Waals surface area contributed by atoms with Gasteiger partial charge in [0.15, 0.2) is 0 Å². The van der Waals surface area contributed by atoms with Crippen LogP contribution in [0.1, 0.15) is 53.4 Å². The highest BCUT2D eigenvalue weighted by atomic mass is 32.2. The fraction of sp³-hybridized carbons (Fsp3) is 1.00. The maximum Gasteiger partial charge on any atom is 0.0116 e. The second-order valence-corrected chi connectivity index (χ2v) is 9.70. The van der Waals surface area contributed by atoms with Crippen LogP contribution in [0, 0.1) is 17.8 Å². The van der Waals surface area contributed by atoms with Crippen LogP contribution in [0.25, 0.3) is 0 Å². The molecular formula is C17H34N2S. The van der Waals surface area contributed by atoms with Crippen molar-refractivity contribution in [1.29, 1.82) is 0 Å². The number of rotatable bonds is 3. The summed E-state index contributed by atoms with van der Waals surface area (Å²) in [5.41, 5.74) is 6.42. The largest absolute Gasteiger partial charge is 0.327 e. The number of hydrogen-bond donors (Lipinski definition) is 1. The van der Waals surface area contributed by atoms with Crippen LogP contribution in [-0.2, 0) is 0 Å². The van der Waals surface area contributed by atoms with E-state index in [0.29, 0.717) is 10.8 Å². The van der Waals surface area contributed by atoms with Crippen LogP contribution in [0.3, 0.4) is 0 Å². The molecule has 0 bridgehead atoms. The Balaban J connectivity index is 1.87. The first-order chi connectivity index (χ1) is 9.37. The van der Waals surface area contributed by atoms with Gasteiger partial charge in [0.05, 0.1) is 0 Å². The van der Waals surface area contributed by atoms with Crippen LogP contribution in [0.2, 0.25) is 0 Å². The molecule has 1 saturated carbocycles. The lowest BCUT2D eigenvalue weighted by molar-refractivity contribution is 0.139. The summed E-state index contributed by atoms with van der Waals surface area (Å²) in [4.78, 5) is 2.69.